The number of hydrogen-bond donors (Lipinski definition) is 0. The molecule has 0 spiro atoms. The molecular weight excluding hydrogens is 141 g/mol. The summed E-state index contributed by atoms with van der Waals surface area (Å²) in [6.07, 6.45) is 1.02. The molecule has 0 bridgehead atoms. The van der Waals surface area contributed by atoms with E-state index < -0.39 is 5.67 Å². The van der Waals surface area contributed by atoms with Gasteiger partial charge in [0.1, 0.15) is 5.67 Å². The Morgan fingerprint density at radius 3 is 2.09 bits per heavy atom. The van der Waals surface area contributed by atoms with Crippen LogP contribution in [0.5, 0.6) is 0 Å². The van der Waals surface area contributed by atoms with Gasteiger partial charge in [0.15, 0.2) is 0 Å². The summed E-state index contributed by atoms with van der Waals surface area (Å²) in [5.41, 5.74) is -1.03. The van der Waals surface area contributed by atoms with Crippen LogP contribution in [0.25, 0.3) is 0 Å². The van der Waals surface area contributed by atoms with Crippen molar-refractivity contribution < 1.29 is 4.39 Å². The van der Waals surface area contributed by atoms with Crippen molar-refractivity contribution in [3.8, 4) is 0 Å². The fraction of sp³-hybridized carbons (Fsp3) is 1.00. The van der Waals surface area contributed by atoms with Gasteiger partial charge in [-0.15, -0.1) is 0 Å². The van der Waals surface area contributed by atoms with Gasteiger partial charge in [-0.3, -0.25) is 4.90 Å². The number of hydrogen-bond acceptors (Lipinski definition) is 1. The first kappa shape index (κ1) is 8.98. The number of rotatable bonds is 2. The predicted molar refractivity (Wildman–Crippen MR) is 45.4 cm³/mol. The van der Waals surface area contributed by atoms with E-state index in [0.717, 1.165) is 13.0 Å². The average molecular weight is 159 g/mol. The van der Waals surface area contributed by atoms with Crippen LogP contribution in [0.1, 0.15) is 34.1 Å². The molecule has 1 saturated heterocycles. The monoisotopic (exact) mass is 159 g/mol. The molecule has 0 aliphatic carbocycles. The number of halogens is 1. The Kier molecular flexibility index (Phi) is 2.24. The van der Waals surface area contributed by atoms with Gasteiger partial charge >= 0.3 is 0 Å². The third kappa shape index (κ3) is 1.73. The molecule has 1 unspecified atom stereocenters. The van der Waals surface area contributed by atoms with E-state index in [4.69, 9.17) is 0 Å². The minimum absolute atomic E-state index is 0.155. The van der Waals surface area contributed by atoms with Crippen molar-refractivity contribution in [1.29, 1.82) is 0 Å². The molecular formula is C9H18FN. The summed E-state index contributed by atoms with van der Waals surface area (Å²) in [5.74, 6) is 0. The minimum Gasteiger partial charge on any atom is -0.295 e. The van der Waals surface area contributed by atoms with E-state index in [1.165, 1.54) is 0 Å². The topological polar surface area (TPSA) is 3.24 Å². The van der Waals surface area contributed by atoms with Crippen molar-refractivity contribution in [2.45, 2.75) is 51.9 Å². The van der Waals surface area contributed by atoms with Crippen molar-refractivity contribution in [3.63, 3.8) is 0 Å². The van der Waals surface area contributed by atoms with Crippen molar-refractivity contribution in [2.75, 3.05) is 6.54 Å². The zero-order chi connectivity index (χ0) is 8.65. The second-order valence-corrected chi connectivity index (χ2v) is 4.20. The van der Waals surface area contributed by atoms with Crippen LogP contribution in [-0.4, -0.2) is 29.2 Å². The van der Waals surface area contributed by atoms with Crippen LogP contribution in [0.3, 0.4) is 0 Å². The van der Waals surface area contributed by atoms with Crippen molar-refractivity contribution in [3.05, 3.63) is 0 Å². The summed E-state index contributed by atoms with van der Waals surface area (Å²) in [6, 6.07) is 0.645. The third-order valence-electron chi connectivity index (χ3n) is 2.52. The summed E-state index contributed by atoms with van der Waals surface area (Å²) in [4.78, 5) is 2.22. The fourth-order valence-corrected chi connectivity index (χ4v) is 1.76. The van der Waals surface area contributed by atoms with Crippen LogP contribution in [0, 0.1) is 0 Å². The van der Waals surface area contributed by atoms with Crippen molar-refractivity contribution in [1.82, 2.24) is 4.90 Å². The molecule has 0 radical (unpaired) electrons. The summed E-state index contributed by atoms with van der Waals surface area (Å²) in [7, 11) is 0. The second kappa shape index (κ2) is 2.74. The van der Waals surface area contributed by atoms with Crippen LogP contribution >= 0.6 is 0 Å². The summed E-state index contributed by atoms with van der Waals surface area (Å²) < 4.78 is 13.4. The molecule has 2 heteroatoms. The lowest BCUT2D eigenvalue weighted by Gasteiger charge is -2.48. The lowest BCUT2D eigenvalue weighted by molar-refractivity contribution is -0.0383. The second-order valence-electron chi connectivity index (χ2n) is 4.20. The Bertz CT molecular complexity index is 137. The van der Waals surface area contributed by atoms with E-state index in [2.05, 4.69) is 18.7 Å². The smallest absolute Gasteiger partial charge is 0.121 e. The first-order valence-electron chi connectivity index (χ1n) is 4.37. The standard InChI is InChI=1S/C9H18FN/c1-7(2)11-6-5-8(11)9(3,4)10/h7-8H,5-6H2,1-4H3. The minimum atomic E-state index is -1.03. The first-order valence-corrected chi connectivity index (χ1v) is 4.37. The lowest BCUT2D eigenvalue weighted by Crippen LogP contribution is -2.59. The first-order chi connectivity index (χ1) is 4.93. The highest BCUT2D eigenvalue weighted by Crippen LogP contribution is 2.31. The molecule has 1 heterocycles. The molecule has 1 nitrogen and oxygen atoms in total. The average Bonchev–Trinajstić information content (AvgIpc) is 1.51. The summed E-state index contributed by atoms with van der Waals surface area (Å²) in [6.45, 7) is 8.66. The molecule has 0 amide bonds. The Labute approximate surface area is 68.6 Å². The normalized spacial score (nSPS) is 27.3. The van der Waals surface area contributed by atoms with Crippen LogP contribution in [-0.2, 0) is 0 Å². The van der Waals surface area contributed by atoms with Gasteiger partial charge in [0.25, 0.3) is 0 Å². The molecule has 1 atom stereocenters. The van der Waals surface area contributed by atoms with Crippen LogP contribution < -0.4 is 0 Å². The van der Waals surface area contributed by atoms with Gasteiger partial charge < -0.3 is 0 Å². The van der Waals surface area contributed by atoms with Gasteiger partial charge in [0.2, 0.25) is 0 Å². The maximum Gasteiger partial charge on any atom is 0.121 e. The Balaban J connectivity index is 2.50. The van der Waals surface area contributed by atoms with E-state index in [0.29, 0.717) is 6.04 Å². The largest absolute Gasteiger partial charge is 0.295 e. The van der Waals surface area contributed by atoms with Gasteiger partial charge in [-0.2, -0.15) is 0 Å². The molecule has 11 heavy (non-hydrogen) atoms. The zero-order valence-electron chi connectivity index (χ0n) is 7.89. The fourth-order valence-electron chi connectivity index (χ4n) is 1.76. The highest BCUT2D eigenvalue weighted by atomic mass is 19.1. The maximum atomic E-state index is 13.4. The molecule has 0 aromatic carbocycles. The van der Waals surface area contributed by atoms with E-state index in [9.17, 15) is 4.39 Å². The van der Waals surface area contributed by atoms with E-state index in [1.54, 1.807) is 13.8 Å². The van der Waals surface area contributed by atoms with Crippen LogP contribution in [0.2, 0.25) is 0 Å². The Morgan fingerprint density at radius 2 is 2.00 bits per heavy atom. The summed E-state index contributed by atoms with van der Waals surface area (Å²) in [5, 5.41) is 0. The van der Waals surface area contributed by atoms with Crippen molar-refractivity contribution in [2.24, 2.45) is 0 Å². The van der Waals surface area contributed by atoms with Gasteiger partial charge in [-0.1, -0.05) is 0 Å². The van der Waals surface area contributed by atoms with Crippen molar-refractivity contribution >= 4 is 0 Å². The molecule has 1 rings (SSSR count). The van der Waals surface area contributed by atoms with E-state index in [-0.39, 0.29) is 6.04 Å². The maximum absolute atomic E-state index is 13.4. The van der Waals surface area contributed by atoms with Gasteiger partial charge in [-0.25, -0.2) is 4.39 Å². The van der Waals surface area contributed by atoms with E-state index >= 15 is 0 Å². The molecule has 66 valence electrons. The Morgan fingerprint density at radius 1 is 1.45 bits per heavy atom. The van der Waals surface area contributed by atoms with Gasteiger partial charge in [0.05, 0.1) is 0 Å². The number of alkyl halides is 1. The number of nitrogens with zero attached hydrogens (tertiary/aromatic N) is 1. The molecule has 0 aromatic heterocycles. The SMILES string of the molecule is CC(C)N1CCC1C(C)(C)F. The third-order valence-corrected chi connectivity index (χ3v) is 2.52. The molecule has 0 aromatic rings. The highest BCUT2D eigenvalue weighted by molar-refractivity contribution is 4.95. The van der Waals surface area contributed by atoms with Crippen LogP contribution in [0.15, 0.2) is 0 Å². The van der Waals surface area contributed by atoms with Gasteiger partial charge in [-0.05, 0) is 34.1 Å². The lowest BCUT2D eigenvalue weighted by atomic mass is 9.88. The highest BCUT2D eigenvalue weighted by Gasteiger charge is 2.41. The van der Waals surface area contributed by atoms with E-state index in [1.807, 2.05) is 0 Å². The quantitative estimate of drug-likeness (QED) is 0.597. The number of likely N-dealkylation sites (tertiary alicyclic amines) is 1. The summed E-state index contributed by atoms with van der Waals surface area (Å²) >= 11 is 0. The zero-order valence-corrected chi connectivity index (χ0v) is 7.89. The molecule has 0 saturated carbocycles. The van der Waals surface area contributed by atoms with Crippen LogP contribution in [0.4, 0.5) is 4.39 Å². The molecule has 0 N–H and O–H groups in total. The van der Waals surface area contributed by atoms with Gasteiger partial charge in [0, 0.05) is 18.6 Å². The molecule has 1 aliphatic heterocycles. The predicted octanol–water partition coefficient (Wildman–Crippen LogP) is 2.22. The molecule has 1 fully saturated rings. The molecule has 1 aliphatic rings. The Hall–Kier alpha value is -0.110.